The molecule has 1 N–H and O–H groups in total. The van der Waals surface area contributed by atoms with E-state index in [0.717, 1.165) is 9.75 Å². The molecule has 0 aliphatic heterocycles. The minimum absolute atomic E-state index is 0.129. The Morgan fingerprint density at radius 2 is 2.20 bits per heavy atom. The van der Waals surface area contributed by atoms with Crippen molar-refractivity contribution in [3.05, 3.63) is 61.8 Å². The van der Waals surface area contributed by atoms with Gasteiger partial charge in [0.1, 0.15) is 0 Å². The first kappa shape index (κ1) is 13.9. The fraction of sp³-hybridized carbons (Fsp3) is 0.0769. The lowest BCUT2D eigenvalue weighted by Crippen LogP contribution is -2.17. The summed E-state index contributed by atoms with van der Waals surface area (Å²) in [5.74, 6) is -0.488. The maximum absolute atomic E-state index is 11.8. The summed E-state index contributed by atoms with van der Waals surface area (Å²) in [5, 5.41) is 14.4. The smallest absolute Gasteiger partial charge is 0.267 e. The van der Waals surface area contributed by atoms with Gasteiger partial charge in [-0.25, -0.2) is 5.43 Å². The second-order valence-corrected chi connectivity index (χ2v) is 5.27. The largest absolute Gasteiger partial charge is 0.271 e. The number of nitrogens with one attached hydrogen (secondary N) is 1. The first-order valence-electron chi connectivity index (χ1n) is 5.70. The molecular weight excluding hydrogens is 278 g/mol. The first-order chi connectivity index (χ1) is 9.56. The molecule has 0 saturated heterocycles. The summed E-state index contributed by atoms with van der Waals surface area (Å²) in [6.07, 6.45) is 1.53. The van der Waals surface area contributed by atoms with E-state index in [1.54, 1.807) is 11.3 Å². The van der Waals surface area contributed by atoms with Crippen LogP contribution in [0, 0.1) is 17.0 Å². The third-order valence-corrected chi connectivity index (χ3v) is 3.37. The van der Waals surface area contributed by atoms with E-state index in [0.29, 0.717) is 0 Å². The second-order valence-electron chi connectivity index (χ2n) is 3.95. The van der Waals surface area contributed by atoms with Crippen LogP contribution in [0.1, 0.15) is 20.1 Å². The maximum atomic E-state index is 11.8. The number of nitro groups is 1. The van der Waals surface area contributed by atoms with E-state index in [2.05, 4.69) is 10.5 Å². The van der Waals surface area contributed by atoms with Gasteiger partial charge in [-0.2, -0.15) is 5.10 Å². The van der Waals surface area contributed by atoms with Crippen molar-refractivity contribution in [2.75, 3.05) is 0 Å². The van der Waals surface area contributed by atoms with E-state index in [9.17, 15) is 14.9 Å². The molecule has 1 aromatic carbocycles. The molecule has 1 aromatic heterocycles. The quantitative estimate of drug-likeness (QED) is 0.533. The van der Waals surface area contributed by atoms with Gasteiger partial charge in [-0.3, -0.25) is 14.9 Å². The fourth-order valence-corrected chi connectivity index (χ4v) is 2.25. The molecule has 0 bridgehead atoms. The van der Waals surface area contributed by atoms with Crippen molar-refractivity contribution >= 4 is 29.1 Å². The molecule has 0 aliphatic rings. The van der Waals surface area contributed by atoms with Crippen LogP contribution in [-0.2, 0) is 0 Å². The Morgan fingerprint density at radius 3 is 2.85 bits per heavy atom. The second kappa shape index (κ2) is 6.07. The number of non-ortho nitro benzene ring substituents is 1. The molecule has 0 aliphatic carbocycles. The van der Waals surface area contributed by atoms with E-state index in [4.69, 9.17) is 0 Å². The van der Waals surface area contributed by atoms with E-state index in [-0.39, 0.29) is 11.3 Å². The Kier molecular flexibility index (Phi) is 4.21. The van der Waals surface area contributed by atoms with Gasteiger partial charge in [0.25, 0.3) is 11.6 Å². The Balaban J connectivity index is 2.03. The molecule has 2 rings (SSSR count). The number of hydrazone groups is 1. The highest BCUT2D eigenvalue weighted by atomic mass is 32.1. The van der Waals surface area contributed by atoms with Crippen LogP contribution < -0.4 is 5.43 Å². The number of nitro benzene ring substituents is 1. The summed E-state index contributed by atoms with van der Waals surface area (Å²) in [6, 6.07) is 9.33. The minimum Gasteiger partial charge on any atom is -0.267 e. The number of hydrogen-bond donors (Lipinski definition) is 1. The van der Waals surface area contributed by atoms with Gasteiger partial charge in [0, 0.05) is 27.5 Å². The summed E-state index contributed by atoms with van der Waals surface area (Å²) < 4.78 is 0. The van der Waals surface area contributed by atoms with Crippen LogP contribution in [0.2, 0.25) is 0 Å². The highest BCUT2D eigenvalue weighted by Gasteiger charge is 2.10. The van der Waals surface area contributed by atoms with Gasteiger partial charge in [0.05, 0.1) is 11.1 Å². The normalized spacial score (nSPS) is 10.7. The van der Waals surface area contributed by atoms with Gasteiger partial charge >= 0.3 is 0 Å². The molecule has 0 radical (unpaired) electrons. The van der Waals surface area contributed by atoms with Crippen LogP contribution in [0.4, 0.5) is 5.69 Å². The number of carbonyl (C=O) groups excluding carboxylic acids is 1. The van der Waals surface area contributed by atoms with Gasteiger partial charge in [-0.05, 0) is 25.1 Å². The van der Waals surface area contributed by atoms with Crippen molar-refractivity contribution in [3.63, 3.8) is 0 Å². The third-order valence-electron chi connectivity index (χ3n) is 2.44. The van der Waals surface area contributed by atoms with Gasteiger partial charge in [-0.1, -0.05) is 6.07 Å². The summed E-state index contributed by atoms with van der Waals surface area (Å²) in [4.78, 5) is 23.9. The topological polar surface area (TPSA) is 84.6 Å². The molecule has 0 fully saturated rings. The van der Waals surface area contributed by atoms with Crippen LogP contribution in [-0.4, -0.2) is 17.0 Å². The zero-order valence-corrected chi connectivity index (χ0v) is 11.4. The highest BCUT2D eigenvalue weighted by Crippen LogP contribution is 2.13. The third kappa shape index (κ3) is 3.48. The standard InChI is InChI=1S/C13H11N3O3S/c1-9-5-6-12(20-9)8-14-15-13(17)10-3-2-4-11(7-10)16(18)19/h2-8H,1H3,(H,15,17)/b14-8-. The molecule has 1 amide bonds. The Hall–Kier alpha value is -2.54. The average molecular weight is 289 g/mol. The Bertz CT molecular complexity index is 679. The molecule has 7 heteroatoms. The fourth-order valence-electron chi connectivity index (χ4n) is 1.50. The molecule has 0 saturated carbocycles. The molecule has 6 nitrogen and oxygen atoms in total. The van der Waals surface area contributed by atoms with Gasteiger partial charge in [0.15, 0.2) is 0 Å². The Morgan fingerprint density at radius 1 is 1.40 bits per heavy atom. The monoisotopic (exact) mass is 289 g/mol. The summed E-state index contributed by atoms with van der Waals surface area (Å²) in [6.45, 7) is 1.98. The van der Waals surface area contributed by atoms with E-state index < -0.39 is 10.8 Å². The summed E-state index contributed by atoms with van der Waals surface area (Å²) in [5.41, 5.74) is 2.40. The van der Waals surface area contributed by atoms with Crippen molar-refractivity contribution in [3.8, 4) is 0 Å². The van der Waals surface area contributed by atoms with Crippen molar-refractivity contribution < 1.29 is 9.72 Å². The average Bonchev–Trinajstić information content (AvgIpc) is 2.84. The zero-order chi connectivity index (χ0) is 14.5. The van der Waals surface area contributed by atoms with Gasteiger partial charge in [0.2, 0.25) is 0 Å². The number of thiophene rings is 1. The predicted molar refractivity (Wildman–Crippen MR) is 77.2 cm³/mol. The molecule has 0 atom stereocenters. The van der Waals surface area contributed by atoms with Crippen LogP contribution in [0.25, 0.3) is 0 Å². The molecule has 102 valence electrons. The molecule has 2 aromatic rings. The minimum atomic E-state index is -0.547. The van der Waals surface area contributed by atoms with Gasteiger partial charge < -0.3 is 0 Å². The SMILES string of the molecule is Cc1ccc(/C=N\NC(=O)c2cccc([N+](=O)[O-])c2)s1. The number of rotatable bonds is 4. The number of aryl methyl sites for hydroxylation is 1. The van der Waals surface area contributed by atoms with Crippen molar-refractivity contribution in [2.24, 2.45) is 5.10 Å². The number of benzene rings is 1. The van der Waals surface area contributed by atoms with Crippen molar-refractivity contribution in [1.29, 1.82) is 0 Å². The summed E-state index contributed by atoms with van der Waals surface area (Å²) in [7, 11) is 0. The molecule has 1 heterocycles. The lowest BCUT2D eigenvalue weighted by molar-refractivity contribution is -0.384. The van der Waals surface area contributed by atoms with E-state index >= 15 is 0 Å². The molecule has 0 unspecified atom stereocenters. The lowest BCUT2D eigenvalue weighted by Gasteiger charge is -1.99. The highest BCUT2D eigenvalue weighted by molar-refractivity contribution is 7.13. The number of carbonyl (C=O) groups is 1. The molecule has 0 spiro atoms. The Labute approximate surface area is 118 Å². The van der Waals surface area contributed by atoms with Crippen molar-refractivity contribution in [2.45, 2.75) is 6.92 Å². The zero-order valence-electron chi connectivity index (χ0n) is 10.6. The van der Waals surface area contributed by atoms with E-state index in [1.165, 1.54) is 30.5 Å². The predicted octanol–water partition coefficient (Wildman–Crippen LogP) is 2.73. The van der Waals surface area contributed by atoms with Crippen LogP contribution in [0.15, 0.2) is 41.5 Å². The first-order valence-corrected chi connectivity index (χ1v) is 6.52. The maximum Gasteiger partial charge on any atom is 0.271 e. The number of amides is 1. The van der Waals surface area contributed by atoms with Crippen LogP contribution in [0.5, 0.6) is 0 Å². The molecule has 20 heavy (non-hydrogen) atoms. The molecular formula is C13H11N3O3S. The number of nitrogens with zero attached hydrogens (tertiary/aromatic N) is 2. The van der Waals surface area contributed by atoms with Crippen LogP contribution >= 0.6 is 11.3 Å². The number of hydrogen-bond acceptors (Lipinski definition) is 5. The summed E-state index contributed by atoms with van der Waals surface area (Å²) >= 11 is 1.55. The van der Waals surface area contributed by atoms with Crippen molar-refractivity contribution in [1.82, 2.24) is 5.43 Å². The van der Waals surface area contributed by atoms with E-state index in [1.807, 2.05) is 19.1 Å². The lowest BCUT2D eigenvalue weighted by atomic mass is 10.2. The van der Waals surface area contributed by atoms with Crippen LogP contribution in [0.3, 0.4) is 0 Å². The van der Waals surface area contributed by atoms with Gasteiger partial charge in [-0.15, -0.1) is 11.3 Å².